The first-order chi connectivity index (χ1) is 6.27. The Kier molecular flexibility index (Phi) is 4.74. The number of likely N-dealkylation sites (N-methyl/N-ethyl adjacent to an activating group) is 1. The number of hydrogen-bond acceptors (Lipinski definition) is 2. The second-order valence-corrected chi connectivity index (χ2v) is 4.08. The van der Waals surface area contributed by atoms with Crippen molar-refractivity contribution in [3.63, 3.8) is 0 Å². The van der Waals surface area contributed by atoms with E-state index in [1.807, 2.05) is 0 Å². The Morgan fingerprint density at radius 2 is 1.85 bits per heavy atom. The van der Waals surface area contributed by atoms with Crippen LogP contribution in [0.25, 0.3) is 0 Å². The SMILES string of the molecule is CCC(C)N1CCCN(CC)CC1. The van der Waals surface area contributed by atoms with Crippen LogP contribution in [0.5, 0.6) is 0 Å². The molecule has 1 saturated heterocycles. The zero-order chi connectivity index (χ0) is 9.68. The summed E-state index contributed by atoms with van der Waals surface area (Å²) in [5, 5.41) is 0. The largest absolute Gasteiger partial charge is 0.302 e. The van der Waals surface area contributed by atoms with E-state index in [0.29, 0.717) is 0 Å². The molecule has 0 aromatic carbocycles. The zero-order valence-electron chi connectivity index (χ0n) is 9.42. The lowest BCUT2D eigenvalue weighted by molar-refractivity contribution is 0.206. The van der Waals surface area contributed by atoms with E-state index in [4.69, 9.17) is 0 Å². The fourth-order valence-electron chi connectivity index (χ4n) is 2.01. The Labute approximate surface area is 82.9 Å². The predicted molar refractivity (Wildman–Crippen MR) is 58.1 cm³/mol. The third kappa shape index (κ3) is 3.28. The molecule has 0 amide bonds. The first-order valence-corrected chi connectivity index (χ1v) is 5.74. The highest BCUT2D eigenvalue weighted by Crippen LogP contribution is 2.08. The van der Waals surface area contributed by atoms with Crippen LogP contribution in [0.15, 0.2) is 0 Å². The topological polar surface area (TPSA) is 6.48 Å². The summed E-state index contributed by atoms with van der Waals surface area (Å²) < 4.78 is 0. The molecule has 0 spiro atoms. The van der Waals surface area contributed by atoms with Crippen molar-refractivity contribution in [3.05, 3.63) is 0 Å². The summed E-state index contributed by atoms with van der Waals surface area (Å²) in [5.41, 5.74) is 0. The van der Waals surface area contributed by atoms with Gasteiger partial charge in [0, 0.05) is 19.1 Å². The van der Waals surface area contributed by atoms with Crippen molar-refractivity contribution in [2.75, 3.05) is 32.7 Å². The van der Waals surface area contributed by atoms with E-state index in [0.717, 1.165) is 6.04 Å². The highest BCUT2D eigenvalue weighted by Gasteiger charge is 2.16. The Balaban J connectivity index is 2.35. The normalized spacial score (nSPS) is 24.2. The Bertz CT molecular complexity index is 136. The highest BCUT2D eigenvalue weighted by molar-refractivity contribution is 4.72. The summed E-state index contributed by atoms with van der Waals surface area (Å²) in [4.78, 5) is 5.19. The van der Waals surface area contributed by atoms with E-state index in [2.05, 4.69) is 30.6 Å². The van der Waals surface area contributed by atoms with Crippen LogP contribution >= 0.6 is 0 Å². The monoisotopic (exact) mass is 184 g/mol. The van der Waals surface area contributed by atoms with E-state index in [1.165, 1.54) is 45.6 Å². The molecule has 1 rings (SSSR count). The van der Waals surface area contributed by atoms with Crippen molar-refractivity contribution in [2.45, 2.75) is 39.7 Å². The summed E-state index contributed by atoms with van der Waals surface area (Å²) >= 11 is 0. The van der Waals surface area contributed by atoms with Gasteiger partial charge in [-0.15, -0.1) is 0 Å². The average Bonchev–Trinajstić information content (AvgIpc) is 2.41. The molecule has 0 aromatic heterocycles. The molecule has 1 atom stereocenters. The Morgan fingerprint density at radius 3 is 2.46 bits per heavy atom. The minimum atomic E-state index is 0.775. The standard InChI is InChI=1S/C11H24N2/c1-4-11(3)13-8-6-7-12(5-2)9-10-13/h11H,4-10H2,1-3H3. The van der Waals surface area contributed by atoms with Gasteiger partial charge in [-0.05, 0) is 39.4 Å². The van der Waals surface area contributed by atoms with Gasteiger partial charge in [-0.2, -0.15) is 0 Å². The lowest BCUT2D eigenvalue weighted by atomic mass is 10.2. The molecule has 0 saturated carbocycles. The van der Waals surface area contributed by atoms with Crippen LogP contribution in [0.1, 0.15) is 33.6 Å². The molecular formula is C11H24N2. The summed E-state index contributed by atoms with van der Waals surface area (Å²) in [6.45, 7) is 13.2. The van der Waals surface area contributed by atoms with Crippen LogP contribution in [0.4, 0.5) is 0 Å². The van der Waals surface area contributed by atoms with Crippen LogP contribution in [0.3, 0.4) is 0 Å². The lowest BCUT2D eigenvalue weighted by Gasteiger charge is -2.26. The van der Waals surface area contributed by atoms with Crippen molar-refractivity contribution in [2.24, 2.45) is 0 Å². The molecular weight excluding hydrogens is 160 g/mol. The second-order valence-electron chi connectivity index (χ2n) is 4.08. The fourth-order valence-corrected chi connectivity index (χ4v) is 2.01. The number of hydrogen-bond donors (Lipinski definition) is 0. The maximum Gasteiger partial charge on any atom is 0.0112 e. The minimum Gasteiger partial charge on any atom is -0.302 e. The molecule has 0 aliphatic carbocycles. The number of rotatable bonds is 3. The third-order valence-corrected chi connectivity index (χ3v) is 3.28. The first kappa shape index (κ1) is 11.0. The lowest BCUT2D eigenvalue weighted by Crippen LogP contribution is -2.36. The number of nitrogens with zero attached hydrogens (tertiary/aromatic N) is 2. The maximum absolute atomic E-state index is 2.63. The van der Waals surface area contributed by atoms with Gasteiger partial charge < -0.3 is 4.90 Å². The van der Waals surface area contributed by atoms with Crippen LogP contribution in [0, 0.1) is 0 Å². The van der Waals surface area contributed by atoms with Crippen molar-refractivity contribution in [1.29, 1.82) is 0 Å². The molecule has 2 heteroatoms. The van der Waals surface area contributed by atoms with E-state index in [9.17, 15) is 0 Å². The molecule has 0 N–H and O–H groups in total. The summed E-state index contributed by atoms with van der Waals surface area (Å²) in [6.07, 6.45) is 2.63. The van der Waals surface area contributed by atoms with E-state index in [1.54, 1.807) is 0 Å². The third-order valence-electron chi connectivity index (χ3n) is 3.28. The van der Waals surface area contributed by atoms with Crippen molar-refractivity contribution in [3.8, 4) is 0 Å². The molecule has 0 bridgehead atoms. The molecule has 1 heterocycles. The minimum absolute atomic E-state index is 0.775. The van der Waals surface area contributed by atoms with Gasteiger partial charge in [0.05, 0.1) is 0 Å². The van der Waals surface area contributed by atoms with E-state index < -0.39 is 0 Å². The molecule has 0 radical (unpaired) electrons. The molecule has 1 aliphatic rings. The zero-order valence-corrected chi connectivity index (χ0v) is 9.42. The van der Waals surface area contributed by atoms with Crippen LogP contribution < -0.4 is 0 Å². The summed E-state index contributed by atoms with van der Waals surface area (Å²) in [7, 11) is 0. The van der Waals surface area contributed by atoms with Gasteiger partial charge in [0.25, 0.3) is 0 Å². The average molecular weight is 184 g/mol. The summed E-state index contributed by atoms with van der Waals surface area (Å²) in [5.74, 6) is 0. The quantitative estimate of drug-likeness (QED) is 0.660. The molecule has 0 aromatic rings. The van der Waals surface area contributed by atoms with Gasteiger partial charge in [-0.1, -0.05) is 13.8 Å². The first-order valence-electron chi connectivity index (χ1n) is 5.74. The van der Waals surface area contributed by atoms with E-state index in [-0.39, 0.29) is 0 Å². The van der Waals surface area contributed by atoms with Gasteiger partial charge in [-0.25, -0.2) is 0 Å². The molecule has 78 valence electrons. The maximum atomic E-state index is 2.63. The van der Waals surface area contributed by atoms with Crippen molar-refractivity contribution in [1.82, 2.24) is 9.80 Å². The van der Waals surface area contributed by atoms with Gasteiger partial charge in [-0.3, -0.25) is 4.90 Å². The summed E-state index contributed by atoms with van der Waals surface area (Å²) in [6, 6.07) is 0.775. The molecule has 1 unspecified atom stereocenters. The van der Waals surface area contributed by atoms with Crippen molar-refractivity contribution >= 4 is 0 Å². The smallest absolute Gasteiger partial charge is 0.0112 e. The van der Waals surface area contributed by atoms with E-state index >= 15 is 0 Å². The van der Waals surface area contributed by atoms with Crippen LogP contribution in [0.2, 0.25) is 0 Å². The van der Waals surface area contributed by atoms with Gasteiger partial charge in [0.2, 0.25) is 0 Å². The molecule has 1 aliphatic heterocycles. The predicted octanol–water partition coefficient (Wildman–Crippen LogP) is 1.81. The van der Waals surface area contributed by atoms with Crippen LogP contribution in [-0.4, -0.2) is 48.6 Å². The van der Waals surface area contributed by atoms with Gasteiger partial charge >= 0.3 is 0 Å². The Hall–Kier alpha value is -0.0800. The fraction of sp³-hybridized carbons (Fsp3) is 1.00. The molecule has 13 heavy (non-hydrogen) atoms. The molecule has 1 fully saturated rings. The van der Waals surface area contributed by atoms with Crippen LogP contribution in [-0.2, 0) is 0 Å². The second kappa shape index (κ2) is 5.61. The highest BCUT2D eigenvalue weighted by atomic mass is 15.2. The van der Waals surface area contributed by atoms with Crippen molar-refractivity contribution < 1.29 is 0 Å². The molecule has 2 nitrogen and oxygen atoms in total. The van der Waals surface area contributed by atoms with Gasteiger partial charge in [0.1, 0.15) is 0 Å². The Morgan fingerprint density at radius 1 is 1.08 bits per heavy atom. The van der Waals surface area contributed by atoms with Gasteiger partial charge in [0.15, 0.2) is 0 Å².